The lowest BCUT2D eigenvalue weighted by atomic mass is 9.81. The fourth-order valence-electron chi connectivity index (χ4n) is 11.9. The quantitative estimate of drug-likeness (QED) is 0.0272. The van der Waals surface area contributed by atoms with Crippen LogP contribution in [0.4, 0.5) is 5.69 Å². The Balaban J connectivity index is 0.742. The molecule has 42 nitrogen and oxygen atoms in total. The molecule has 0 aromatic heterocycles. The molecule has 5 N–H and O–H groups in total. The zero-order chi connectivity index (χ0) is 95.3. The zero-order valence-corrected chi connectivity index (χ0v) is 79.2. The maximum atomic E-state index is 14.1. The van der Waals surface area contributed by atoms with E-state index < -0.39 is 80.8 Å². The second-order valence-corrected chi connectivity index (χ2v) is 32.5. The van der Waals surface area contributed by atoms with E-state index in [0.717, 1.165) is 18.4 Å². The Labute approximate surface area is 784 Å². The highest BCUT2D eigenvalue weighted by Gasteiger charge is 2.49. The number of carbonyl (C=O) groups excluding carboxylic acids is 8. The van der Waals surface area contributed by atoms with E-state index >= 15 is 0 Å². The smallest absolute Gasteiger partial charge is 0.333 e. The fourth-order valence-corrected chi connectivity index (χ4v) is 13.1. The Bertz CT molecular complexity index is 3450. The normalized spacial score (nSPS) is 14.2. The van der Waals surface area contributed by atoms with Gasteiger partial charge < -0.3 is 145 Å². The molecule has 2 fully saturated rings. The van der Waals surface area contributed by atoms with Crippen LogP contribution in [0.15, 0.2) is 42.5 Å². The van der Waals surface area contributed by atoms with Crippen LogP contribution in [-0.2, 0) is 173 Å². The summed E-state index contributed by atoms with van der Waals surface area (Å²) in [5.74, 6) is -5.61. The number of halogens is 2. The number of imide groups is 1. The van der Waals surface area contributed by atoms with E-state index in [2.05, 4.69) is 26.1 Å². The van der Waals surface area contributed by atoms with Gasteiger partial charge in [-0.05, 0) is 69.9 Å². The summed E-state index contributed by atoms with van der Waals surface area (Å²) in [6.45, 7) is 25.5. The molecule has 1 unspecified atom stereocenters. The van der Waals surface area contributed by atoms with Crippen molar-refractivity contribution in [3.8, 4) is 0 Å². The molecule has 758 valence electrons. The van der Waals surface area contributed by atoms with Crippen molar-refractivity contribution in [3.05, 3.63) is 63.6 Å². The minimum atomic E-state index is -4.85. The number of carbonyl (C=O) groups is 8. The number of hydrogen-bond acceptors (Lipinski definition) is 36. The molecular weight excluding hydrogens is 1810 g/mol. The van der Waals surface area contributed by atoms with Crippen LogP contribution in [0.3, 0.4) is 0 Å². The van der Waals surface area contributed by atoms with Gasteiger partial charge in [-0.25, -0.2) is 9.59 Å². The number of anilines is 1. The van der Waals surface area contributed by atoms with Crippen LogP contribution < -0.4 is 21.3 Å². The summed E-state index contributed by atoms with van der Waals surface area (Å²) in [6.07, 6.45) is 1.97. The van der Waals surface area contributed by atoms with Crippen molar-refractivity contribution >= 4 is 86.4 Å². The first-order valence-electron chi connectivity index (χ1n) is 44.9. The van der Waals surface area contributed by atoms with E-state index in [1.165, 1.54) is 0 Å². The number of amides is 6. The third-order valence-corrected chi connectivity index (χ3v) is 20.3. The van der Waals surface area contributed by atoms with Crippen molar-refractivity contribution in [1.29, 1.82) is 0 Å². The summed E-state index contributed by atoms with van der Waals surface area (Å²) in [4.78, 5) is 106. The zero-order valence-electron chi connectivity index (χ0n) is 76.9. The van der Waals surface area contributed by atoms with Gasteiger partial charge in [-0.3, -0.25) is 33.3 Å². The van der Waals surface area contributed by atoms with Gasteiger partial charge in [0.25, 0.3) is 27.8 Å². The maximum absolute atomic E-state index is 14.1. The molecule has 45 heteroatoms. The van der Waals surface area contributed by atoms with Gasteiger partial charge in [-0.1, -0.05) is 54.2 Å². The van der Waals surface area contributed by atoms with Crippen LogP contribution in [0, 0.1) is 5.41 Å². The molecule has 1 heterocycles. The SMILES string of the molecule is CC(C)(C)OC(=O)[C@H](Cc1ccc(NC(=O)c2c(Cl)cccc2Cl)cc1)NC(=O)C1(CCNC(=O)CCOCCOCCOCCOCCOCCOCCOCCOCCOCCOCCOCCOCCOCCOCCOCCOCCOCCOCCOCCOCCOCCOCCOCCOCCNC(=O)CCC(=O)ON2C(=O)CC(S(=O)(=O)O)C2=O)CCCC1. The molecule has 0 spiro atoms. The van der Waals surface area contributed by atoms with Crippen molar-refractivity contribution in [1.82, 2.24) is 21.0 Å². The van der Waals surface area contributed by atoms with E-state index in [9.17, 15) is 46.8 Å². The largest absolute Gasteiger partial charge is 0.458 e. The standard InChI is InChI=1S/C87H143Cl2N5O37S/c1-86(2,3)130-84(101)75(69-71-9-11-72(12-10-71)92-82(99)81-73(88)7-6-8-74(81)89)93-85(102)87(16-4-5-17-87)18-19-90-78(96)15-21-106-23-25-108-27-29-110-31-33-112-35-37-114-39-41-116-43-45-118-47-49-120-51-53-122-55-57-124-59-61-126-63-65-128-67-68-129-66-64-127-62-60-125-58-56-123-54-52-121-50-48-119-46-44-117-42-40-115-38-36-113-34-32-111-30-28-109-26-24-107-22-20-91-77(95)13-14-80(98)131-94-79(97)70-76(83(94)100)132(103,104)105/h6-12,75-76H,4-5,13-70H2,1-3H3,(H,90,96)(H,91,95)(H,92,99)(H,93,102)(H,103,104,105)/t75-,76?/m0/s1. The lowest BCUT2D eigenvalue weighted by Crippen LogP contribution is -2.51. The Morgan fingerprint density at radius 1 is 0.424 bits per heavy atom. The second-order valence-electron chi connectivity index (χ2n) is 30.1. The van der Waals surface area contributed by atoms with Gasteiger partial charge in [0.2, 0.25) is 17.7 Å². The lowest BCUT2D eigenvalue weighted by Gasteiger charge is -2.31. The van der Waals surface area contributed by atoms with Gasteiger partial charge in [0.15, 0.2) is 5.25 Å². The first kappa shape index (κ1) is 118. The number of hydrogen-bond donors (Lipinski definition) is 5. The van der Waals surface area contributed by atoms with E-state index in [4.69, 9.17) is 146 Å². The van der Waals surface area contributed by atoms with Crippen molar-refractivity contribution in [2.45, 2.75) is 102 Å². The predicted octanol–water partition coefficient (Wildman–Crippen LogP) is 3.84. The molecule has 2 aliphatic rings. The van der Waals surface area contributed by atoms with Gasteiger partial charge in [0.05, 0.1) is 351 Å². The van der Waals surface area contributed by atoms with Crippen molar-refractivity contribution < 1.29 is 175 Å². The predicted molar refractivity (Wildman–Crippen MR) is 475 cm³/mol. The summed E-state index contributed by atoms with van der Waals surface area (Å²) in [6, 6.07) is 10.7. The molecule has 1 saturated heterocycles. The van der Waals surface area contributed by atoms with Crippen molar-refractivity contribution in [2.24, 2.45) is 5.41 Å². The third-order valence-electron chi connectivity index (χ3n) is 18.6. The number of rotatable bonds is 90. The van der Waals surface area contributed by atoms with E-state index in [1.807, 2.05) is 0 Å². The number of esters is 1. The van der Waals surface area contributed by atoms with Crippen LogP contribution >= 0.6 is 23.2 Å². The molecule has 1 aliphatic carbocycles. The maximum Gasteiger partial charge on any atom is 0.333 e. The van der Waals surface area contributed by atoms with E-state index in [1.54, 1.807) is 63.2 Å². The molecule has 4 rings (SSSR count). The van der Waals surface area contributed by atoms with Gasteiger partial charge in [-0.15, -0.1) is 5.06 Å². The average Bonchev–Trinajstić information content (AvgIpc) is 1.66. The first-order chi connectivity index (χ1) is 64.1. The van der Waals surface area contributed by atoms with Gasteiger partial charge in [0.1, 0.15) is 11.6 Å². The van der Waals surface area contributed by atoms with Crippen LogP contribution in [-0.4, -0.2) is 413 Å². The highest BCUT2D eigenvalue weighted by Crippen LogP contribution is 2.41. The molecule has 1 saturated carbocycles. The number of benzene rings is 2. The number of ether oxygens (including phenoxy) is 25. The minimum absolute atomic E-state index is 0.0205. The molecule has 0 radical (unpaired) electrons. The second kappa shape index (κ2) is 77.9. The fraction of sp³-hybridized carbons (Fsp3) is 0.770. The number of hydroxylamine groups is 2. The van der Waals surface area contributed by atoms with Crippen LogP contribution in [0.25, 0.3) is 0 Å². The summed E-state index contributed by atoms with van der Waals surface area (Å²) < 4.78 is 170. The van der Waals surface area contributed by atoms with E-state index in [-0.39, 0.29) is 84.7 Å². The lowest BCUT2D eigenvalue weighted by molar-refractivity contribution is -0.197. The van der Waals surface area contributed by atoms with Crippen molar-refractivity contribution in [3.63, 3.8) is 0 Å². The topological polar surface area (TPSA) is 482 Å². The number of nitrogens with zero attached hydrogens (tertiary/aromatic N) is 1. The average molecular weight is 1950 g/mol. The summed E-state index contributed by atoms with van der Waals surface area (Å²) >= 11 is 12.5. The molecule has 2 atom stereocenters. The highest BCUT2D eigenvalue weighted by molar-refractivity contribution is 7.87. The van der Waals surface area contributed by atoms with E-state index in [0.29, 0.717) is 322 Å². The highest BCUT2D eigenvalue weighted by atomic mass is 35.5. The van der Waals surface area contributed by atoms with Crippen molar-refractivity contribution in [2.75, 3.05) is 336 Å². The Kier molecular flexibility index (Phi) is 69.8. The van der Waals surface area contributed by atoms with Crippen LogP contribution in [0.2, 0.25) is 10.0 Å². The van der Waals surface area contributed by atoms with Gasteiger partial charge in [-0.2, -0.15) is 8.42 Å². The molecule has 132 heavy (non-hydrogen) atoms. The summed E-state index contributed by atoms with van der Waals surface area (Å²) in [5.41, 5.74) is -0.182. The molecule has 0 bridgehead atoms. The van der Waals surface area contributed by atoms with Gasteiger partial charge in [0, 0.05) is 38.0 Å². The number of nitrogens with one attached hydrogen (secondary N) is 4. The Morgan fingerprint density at radius 2 is 0.727 bits per heavy atom. The Morgan fingerprint density at radius 3 is 1.04 bits per heavy atom. The summed E-state index contributed by atoms with van der Waals surface area (Å²) in [5, 5.41) is 9.64. The Hall–Kier alpha value is -6.07. The van der Waals surface area contributed by atoms with Crippen LogP contribution in [0.5, 0.6) is 0 Å². The molecule has 2 aromatic rings. The monoisotopic (exact) mass is 1950 g/mol. The molecule has 6 amide bonds. The minimum Gasteiger partial charge on any atom is -0.458 e. The third kappa shape index (κ3) is 61.9. The molecular formula is C87H143Cl2N5O37S. The van der Waals surface area contributed by atoms with Crippen LogP contribution in [0.1, 0.15) is 94.5 Å². The first-order valence-corrected chi connectivity index (χ1v) is 47.2. The molecule has 1 aliphatic heterocycles. The van der Waals surface area contributed by atoms with Gasteiger partial charge >= 0.3 is 11.9 Å². The summed E-state index contributed by atoms with van der Waals surface area (Å²) in [7, 11) is -4.85. The molecule has 2 aromatic carbocycles.